The number of carbonyl (C=O) groups excluding carboxylic acids is 1. The second kappa shape index (κ2) is 6.31. The first-order valence-electron chi connectivity index (χ1n) is 4.03. The summed E-state index contributed by atoms with van der Waals surface area (Å²) in [6, 6.07) is 0.211. The van der Waals surface area contributed by atoms with E-state index in [1.165, 1.54) is 7.11 Å². The van der Waals surface area contributed by atoms with Crippen molar-refractivity contribution in [2.45, 2.75) is 31.6 Å². The smallest absolute Gasteiger partial charge is 0.318 e. The topological polar surface area (TPSA) is 52.3 Å². The maximum Gasteiger partial charge on any atom is 0.318 e. The lowest BCUT2D eigenvalue weighted by Gasteiger charge is -2.09. The fourth-order valence-corrected chi connectivity index (χ4v) is 1.76. The number of hydrogen-bond acceptors (Lipinski definition) is 4. The quantitative estimate of drug-likeness (QED) is 0.659. The van der Waals surface area contributed by atoms with Gasteiger partial charge in [-0.25, -0.2) is 0 Å². The molecular weight excluding hydrogens is 174 g/mol. The summed E-state index contributed by atoms with van der Waals surface area (Å²) in [5.41, 5.74) is 5.56. The highest BCUT2D eigenvalue weighted by atomic mass is 32.2. The molecular formula is C8H17NO2S. The molecule has 0 aliphatic heterocycles. The minimum Gasteiger partial charge on any atom is -0.468 e. The van der Waals surface area contributed by atoms with Crippen LogP contribution in [0.15, 0.2) is 0 Å². The molecule has 2 unspecified atom stereocenters. The van der Waals surface area contributed by atoms with E-state index in [2.05, 4.69) is 4.74 Å². The average Bonchev–Trinajstić information content (AvgIpc) is 2.02. The number of esters is 1. The molecule has 0 bridgehead atoms. The Hall–Kier alpha value is -0.220. The summed E-state index contributed by atoms with van der Waals surface area (Å²) in [6.07, 6.45) is 0.937. The summed E-state index contributed by atoms with van der Waals surface area (Å²) in [5, 5.41) is -0.0752. The average molecular weight is 191 g/mol. The molecule has 0 rings (SSSR count). The molecule has 0 aliphatic rings. The van der Waals surface area contributed by atoms with Gasteiger partial charge in [-0.05, 0) is 26.0 Å². The van der Waals surface area contributed by atoms with Gasteiger partial charge in [0.05, 0.1) is 12.4 Å². The van der Waals surface area contributed by atoms with Gasteiger partial charge in [0.2, 0.25) is 0 Å². The first kappa shape index (κ1) is 11.8. The van der Waals surface area contributed by atoms with Gasteiger partial charge in [0.15, 0.2) is 0 Å². The number of thioether (sulfide) groups is 1. The Balaban J connectivity index is 3.43. The minimum atomic E-state index is -0.162. The van der Waals surface area contributed by atoms with Gasteiger partial charge < -0.3 is 10.5 Å². The normalized spacial score (nSPS) is 15.3. The lowest BCUT2D eigenvalue weighted by molar-refractivity contribution is -0.139. The Morgan fingerprint density at radius 3 is 2.58 bits per heavy atom. The molecule has 4 heteroatoms. The lowest BCUT2D eigenvalue weighted by atomic mass is 10.3. The fraction of sp³-hybridized carbons (Fsp3) is 0.875. The van der Waals surface area contributed by atoms with Crippen LogP contribution in [-0.2, 0) is 9.53 Å². The predicted octanol–water partition coefficient (Wildman–Crippen LogP) is 1.02. The van der Waals surface area contributed by atoms with Crippen LogP contribution in [0.3, 0.4) is 0 Å². The van der Waals surface area contributed by atoms with Gasteiger partial charge >= 0.3 is 5.97 Å². The van der Waals surface area contributed by atoms with E-state index in [1.807, 2.05) is 13.8 Å². The first-order valence-corrected chi connectivity index (χ1v) is 5.07. The SMILES string of the molecule is COC(=O)C(C)SCCC(C)N. The minimum absolute atomic E-state index is 0.0752. The molecule has 0 aromatic heterocycles. The molecule has 2 N–H and O–H groups in total. The third-order valence-electron chi connectivity index (χ3n) is 1.47. The van der Waals surface area contributed by atoms with Gasteiger partial charge in [-0.1, -0.05) is 0 Å². The van der Waals surface area contributed by atoms with E-state index in [0.29, 0.717) is 0 Å². The third-order valence-corrected chi connectivity index (χ3v) is 2.64. The van der Waals surface area contributed by atoms with Crippen LogP contribution in [0.5, 0.6) is 0 Å². The van der Waals surface area contributed by atoms with Crippen LogP contribution in [0.1, 0.15) is 20.3 Å². The predicted molar refractivity (Wildman–Crippen MR) is 52.2 cm³/mol. The summed E-state index contributed by atoms with van der Waals surface area (Å²) in [5.74, 6) is 0.748. The van der Waals surface area contributed by atoms with Gasteiger partial charge in [0, 0.05) is 6.04 Å². The third kappa shape index (κ3) is 5.43. The molecule has 0 saturated heterocycles. The van der Waals surface area contributed by atoms with Crippen LogP contribution in [-0.4, -0.2) is 30.1 Å². The van der Waals surface area contributed by atoms with Crippen LogP contribution in [0, 0.1) is 0 Å². The van der Waals surface area contributed by atoms with Crippen LogP contribution < -0.4 is 5.73 Å². The number of nitrogens with two attached hydrogens (primary N) is 1. The molecule has 0 aliphatic carbocycles. The van der Waals surface area contributed by atoms with Crippen molar-refractivity contribution < 1.29 is 9.53 Å². The monoisotopic (exact) mass is 191 g/mol. The maximum atomic E-state index is 10.9. The zero-order valence-electron chi connectivity index (χ0n) is 7.87. The summed E-state index contributed by atoms with van der Waals surface area (Å²) in [4.78, 5) is 10.9. The number of carbonyl (C=O) groups is 1. The summed E-state index contributed by atoms with van der Waals surface area (Å²) >= 11 is 1.58. The Morgan fingerprint density at radius 2 is 2.17 bits per heavy atom. The Bertz CT molecular complexity index is 139. The van der Waals surface area contributed by atoms with E-state index in [0.717, 1.165) is 12.2 Å². The Morgan fingerprint density at radius 1 is 1.58 bits per heavy atom. The molecule has 2 atom stereocenters. The van der Waals surface area contributed by atoms with Crippen molar-refractivity contribution >= 4 is 17.7 Å². The van der Waals surface area contributed by atoms with Crippen molar-refractivity contribution in [2.24, 2.45) is 5.73 Å². The van der Waals surface area contributed by atoms with E-state index in [9.17, 15) is 4.79 Å². The second-order valence-electron chi connectivity index (χ2n) is 2.80. The molecule has 12 heavy (non-hydrogen) atoms. The van der Waals surface area contributed by atoms with Crippen molar-refractivity contribution in [3.63, 3.8) is 0 Å². The highest BCUT2D eigenvalue weighted by Gasteiger charge is 2.12. The first-order chi connectivity index (χ1) is 5.57. The Kier molecular flexibility index (Phi) is 6.20. The van der Waals surface area contributed by atoms with Crippen molar-refractivity contribution in [3.8, 4) is 0 Å². The van der Waals surface area contributed by atoms with Gasteiger partial charge in [-0.3, -0.25) is 4.79 Å². The molecule has 72 valence electrons. The zero-order valence-corrected chi connectivity index (χ0v) is 8.69. The molecule has 0 fully saturated rings. The van der Waals surface area contributed by atoms with Crippen molar-refractivity contribution in [1.82, 2.24) is 0 Å². The summed E-state index contributed by atoms with van der Waals surface area (Å²) in [7, 11) is 1.41. The molecule has 0 amide bonds. The van der Waals surface area contributed by atoms with Crippen LogP contribution in [0.4, 0.5) is 0 Å². The standard InChI is InChI=1S/C8H17NO2S/c1-6(9)4-5-12-7(2)8(10)11-3/h6-7H,4-5,9H2,1-3H3. The van der Waals surface area contributed by atoms with E-state index >= 15 is 0 Å². The molecule has 0 saturated carbocycles. The van der Waals surface area contributed by atoms with Crippen molar-refractivity contribution in [1.29, 1.82) is 0 Å². The zero-order chi connectivity index (χ0) is 9.56. The number of ether oxygens (including phenoxy) is 1. The van der Waals surface area contributed by atoms with Crippen molar-refractivity contribution in [3.05, 3.63) is 0 Å². The highest BCUT2D eigenvalue weighted by Crippen LogP contribution is 2.13. The second-order valence-corrected chi connectivity index (χ2v) is 4.25. The van der Waals surface area contributed by atoms with Gasteiger partial charge in [-0.2, -0.15) is 0 Å². The van der Waals surface area contributed by atoms with Crippen molar-refractivity contribution in [2.75, 3.05) is 12.9 Å². The van der Waals surface area contributed by atoms with Crippen LogP contribution >= 0.6 is 11.8 Å². The molecule has 0 aromatic rings. The number of hydrogen-bond donors (Lipinski definition) is 1. The molecule has 3 nitrogen and oxygen atoms in total. The molecule has 0 heterocycles. The van der Waals surface area contributed by atoms with Gasteiger partial charge in [0.25, 0.3) is 0 Å². The highest BCUT2D eigenvalue weighted by molar-refractivity contribution is 8.00. The summed E-state index contributed by atoms with van der Waals surface area (Å²) < 4.78 is 4.58. The van der Waals surface area contributed by atoms with Gasteiger partial charge in [0.1, 0.15) is 0 Å². The lowest BCUT2D eigenvalue weighted by Crippen LogP contribution is -2.19. The molecule has 0 aromatic carbocycles. The van der Waals surface area contributed by atoms with Crippen LogP contribution in [0.2, 0.25) is 0 Å². The Labute approximate surface area is 78.0 Å². The molecule has 0 radical (unpaired) electrons. The van der Waals surface area contributed by atoms with Gasteiger partial charge in [-0.15, -0.1) is 11.8 Å². The molecule has 0 spiro atoms. The maximum absolute atomic E-state index is 10.9. The summed E-state index contributed by atoms with van der Waals surface area (Å²) in [6.45, 7) is 3.81. The number of methoxy groups -OCH3 is 1. The number of rotatable bonds is 5. The largest absolute Gasteiger partial charge is 0.468 e. The van der Waals surface area contributed by atoms with Crippen LogP contribution in [0.25, 0.3) is 0 Å². The van der Waals surface area contributed by atoms with E-state index < -0.39 is 0 Å². The van der Waals surface area contributed by atoms with E-state index in [-0.39, 0.29) is 17.3 Å². The van der Waals surface area contributed by atoms with E-state index in [4.69, 9.17) is 5.73 Å². The van der Waals surface area contributed by atoms with E-state index in [1.54, 1.807) is 11.8 Å². The fourth-order valence-electron chi connectivity index (χ4n) is 0.665.